The van der Waals surface area contributed by atoms with Gasteiger partial charge in [-0.3, -0.25) is 0 Å². The van der Waals surface area contributed by atoms with Crippen molar-refractivity contribution in [3.63, 3.8) is 0 Å². The van der Waals surface area contributed by atoms with E-state index in [1.165, 1.54) is 96.4 Å². The maximum absolute atomic E-state index is 4.22. The molecule has 4 heteroatoms. The van der Waals surface area contributed by atoms with Gasteiger partial charge in [-0.05, 0) is 28.3 Å². The summed E-state index contributed by atoms with van der Waals surface area (Å²) in [5.74, 6) is 14.7. The Morgan fingerprint density at radius 3 is 0.950 bits per heavy atom. The van der Waals surface area contributed by atoms with Crippen LogP contribution in [0.25, 0.3) is 87.6 Å². The van der Waals surface area contributed by atoms with E-state index in [1.54, 1.807) is 0 Å². The van der Waals surface area contributed by atoms with Crippen LogP contribution in [0.4, 0.5) is 28.4 Å². The average molecular weight is 1150 g/mol. The van der Waals surface area contributed by atoms with Crippen LogP contribution in [-0.2, 0) is 0 Å². The Hall–Kier alpha value is -8.41. The molecule has 0 radical (unpaired) electrons. The maximum atomic E-state index is 4.22. The third-order valence-electron chi connectivity index (χ3n) is 15.9. The number of anilines is 5. The van der Waals surface area contributed by atoms with Gasteiger partial charge in [-0.2, -0.15) is 0 Å². The van der Waals surface area contributed by atoms with Crippen LogP contribution in [0.2, 0.25) is 34.5 Å². The van der Waals surface area contributed by atoms with Gasteiger partial charge in [0.2, 0.25) is 0 Å². The fourth-order valence-electron chi connectivity index (χ4n) is 11.9. The van der Waals surface area contributed by atoms with Gasteiger partial charge in [0.05, 0.1) is 0 Å². The second kappa shape index (κ2) is 21.7. The summed E-state index contributed by atoms with van der Waals surface area (Å²) in [6.07, 6.45) is 5.78. The number of benzene rings is 12. The minimum absolute atomic E-state index is 0.966. The second-order valence-corrected chi connectivity index (χ2v) is 44.3. The molecule has 0 aliphatic heterocycles. The molecule has 0 spiro atoms. The average Bonchev–Trinajstić information content (AvgIpc) is 3.53. The van der Waals surface area contributed by atoms with Crippen molar-refractivity contribution < 1.29 is 0 Å². The summed E-state index contributed by atoms with van der Waals surface area (Å²) in [7, 11) is 0. The molecule has 0 bridgehead atoms. The molecule has 0 heterocycles. The van der Waals surface area contributed by atoms with E-state index in [0.717, 1.165) is 34.1 Å². The van der Waals surface area contributed by atoms with Crippen LogP contribution in [-0.4, -0.2) is 26.5 Å². The molecule has 2 nitrogen and oxygen atoms in total. The number of hydrogen-bond acceptors (Lipinski definition) is 2. The van der Waals surface area contributed by atoms with E-state index in [0.29, 0.717) is 0 Å². The second-order valence-electron chi connectivity index (χ2n) is 23.0. The van der Waals surface area contributed by atoms with Crippen LogP contribution in [0.5, 0.6) is 0 Å². The molecule has 12 aromatic carbocycles. The van der Waals surface area contributed by atoms with Gasteiger partial charge in [-0.15, -0.1) is 0 Å². The number of hydrogen-bond donors (Lipinski definition) is 0. The molecule has 0 atom stereocenters. The van der Waals surface area contributed by atoms with E-state index in [2.05, 4.69) is 306 Å². The van der Waals surface area contributed by atoms with Gasteiger partial charge in [0.25, 0.3) is 0 Å². The van der Waals surface area contributed by atoms with Crippen molar-refractivity contribution in [1.82, 2.24) is 0 Å². The van der Waals surface area contributed by atoms with E-state index in [1.807, 2.05) is 18.2 Å². The summed E-state index contributed by atoms with van der Waals surface area (Å²) in [5.41, 5.74) is 16.2. The third-order valence-corrected chi connectivity index (χ3v) is 24.6. The molecule has 12 rings (SSSR count). The van der Waals surface area contributed by atoms with Gasteiger partial charge in [-0.1, -0.05) is 91.0 Å². The van der Waals surface area contributed by atoms with Gasteiger partial charge in [0, 0.05) is 0 Å². The fourth-order valence-corrected chi connectivity index (χ4v) is 16.8. The number of nitrogens with zero attached hydrogens (tertiary/aromatic N) is 2. The molecule has 388 valence electrons. The molecule has 0 aliphatic rings. The molecule has 0 N–H and O–H groups in total. The Morgan fingerprint density at radius 2 is 0.613 bits per heavy atom. The normalized spacial score (nSPS) is 12.1. The zero-order chi connectivity index (χ0) is 55.1. The summed E-state index contributed by atoms with van der Waals surface area (Å²) in [4.78, 5) is 4.65. The topological polar surface area (TPSA) is 6.48 Å². The predicted molar refractivity (Wildman–Crippen MR) is 356 cm³/mol. The van der Waals surface area contributed by atoms with Gasteiger partial charge < -0.3 is 0 Å². The molecule has 0 unspecified atom stereocenters. The van der Waals surface area contributed by atoms with Gasteiger partial charge in [0.1, 0.15) is 0 Å². The van der Waals surface area contributed by atoms with Crippen molar-refractivity contribution in [1.29, 1.82) is 0 Å². The summed E-state index contributed by atoms with van der Waals surface area (Å²) in [6, 6.07) is 92.6. The minimum atomic E-state index is -2.02. The summed E-state index contributed by atoms with van der Waals surface area (Å²) < 4.78 is 2.98. The van der Waals surface area contributed by atoms with Crippen LogP contribution >= 0.6 is 0 Å². The quantitative estimate of drug-likeness (QED) is 0.0608. The van der Waals surface area contributed by atoms with E-state index in [-0.39, 0.29) is 0 Å². The molecular formula is C76H66Ge2N2. The molecule has 0 amide bonds. The molecule has 80 heavy (non-hydrogen) atoms. The van der Waals surface area contributed by atoms with Gasteiger partial charge >= 0.3 is 362 Å². The Balaban J connectivity index is 0.958. The number of para-hydroxylation sites is 1. The Labute approximate surface area is 478 Å². The van der Waals surface area contributed by atoms with Crippen molar-refractivity contribution in [2.75, 3.05) is 9.80 Å². The van der Waals surface area contributed by atoms with E-state index in [9.17, 15) is 0 Å². The SMILES string of the molecule is C=C/C=C(\C=C)N(c1ccc(-c2c3ccccc3c(-c3cccc(-c4c5ccccc5c(-c5ccc(N(c6ccccc6)c6cc[c]([Ge]([CH3])([CH3])[CH3])cc6)cc5)c5ccccc45)c3)c3ccccc23)cc1)c1cc[c]([Ge]([CH3])([CH3])[CH3])cc1. The first-order chi connectivity index (χ1) is 38.9. The third kappa shape index (κ3) is 9.82. The molecule has 0 saturated carbocycles. The van der Waals surface area contributed by atoms with E-state index in [4.69, 9.17) is 0 Å². The van der Waals surface area contributed by atoms with Crippen molar-refractivity contribution in [2.24, 2.45) is 0 Å². The summed E-state index contributed by atoms with van der Waals surface area (Å²) >= 11 is -4.01. The van der Waals surface area contributed by atoms with Gasteiger partial charge in [0.15, 0.2) is 0 Å². The van der Waals surface area contributed by atoms with Crippen LogP contribution < -0.4 is 18.6 Å². The molecule has 12 aromatic rings. The van der Waals surface area contributed by atoms with Crippen LogP contribution in [0.15, 0.2) is 286 Å². The standard InChI is InChI=1S/C76H66Ge2N2/c1-9-23-59(10-2)79(63-48-40-57(41-49-63)77(3,4)5)61-44-36-53(37-45-61)73-65-28-14-18-32-69(65)75(70-33-19-15-29-66(70)73)55-24-22-25-56(52-55)76-71-34-20-16-30-67(71)74(68-31-17-21-35-72(68)76)54-38-46-62(47-39-54)80(60-26-12-11-13-27-60)64-50-42-58(43-51-64)78(6,7)8/h9-52H,1-2H2,3-8H3/b59-23+. The van der Waals surface area contributed by atoms with Crippen molar-refractivity contribution >= 4 is 107 Å². The fraction of sp³-hybridized carbons (Fsp3) is 0.0789. The van der Waals surface area contributed by atoms with Crippen LogP contribution in [0, 0.1) is 0 Å². The zero-order valence-corrected chi connectivity index (χ0v) is 50.9. The van der Waals surface area contributed by atoms with Crippen LogP contribution in [0.1, 0.15) is 0 Å². The van der Waals surface area contributed by atoms with Gasteiger partial charge in [-0.25, -0.2) is 0 Å². The molecule has 0 aromatic heterocycles. The first kappa shape index (κ1) is 52.3. The summed E-state index contributed by atoms with van der Waals surface area (Å²) in [5, 5.41) is 9.80. The first-order valence-electron chi connectivity index (χ1n) is 27.9. The number of allylic oxidation sites excluding steroid dienone is 3. The van der Waals surface area contributed by atoms with Crippen molar-refractivity contribution in [2.45, 2.75) is 34.5 Å². The molecular weight excluding hydrogens is 1090 g/mol. The predicted octanol–water partition coefficient (Wildman–Crippen LogP) is 20.9. The summed E-state index contributed by atoms with van der Waals surface area (Å²) in [6.45, 7) is 8.26. The van der Waals surface area contributed by atoms with Crippen LogP contribution in [0.3, 0.4) is 0 Å². The number of fused-ring (bicyclic) bond motifs is 4. The Morgan fingerprint density at radius 1 is 0.312 bits per heavy atom. The Bertz CT molecular complexity index is 4200. The van der Waals surface area contributed by atoms with Crippen molar-refractivity contribution in [3.05, 3.63) is 286 Å². The van der Waals surface area contributed by atoms with E-state index >= 15 is 0 Å². The molecule has 0 fully saturated rings. The zero-order valence-electron chi connectivity index (χ0n) is 46.7. The Kier molecular flexibility index (Phi) is 14.2. The molecule has 0 aliphatic carbocycles. The van der Waals surface area contributed by atoms with Crippen molar-refractivity contribution in [3.8, 4) is 44.5 Å². The van der Waals surface area contributed by atoms with E-state index < -0.39 is 26.5 Å². The number of rotatable bonds is 14. The molecule has 0 saturated heterocycles. The monoisotopic (exact) mass is 1150 g/mol. The first-order valence-corrected chi connectivity index (χ1v) is 42.6.